The van der Waals surface area contributed by atoms with E-state index in [0.717, 1.165) is 43.4 Å². The Balaban J connectivity index is 1.37. The number of anilines is 1. The topological polar surface area (TPSA) is 45.2 Å². The molecule has 1 amide bonds. The first-order chi connectivity index (χ1) is 14.0. The molecule has 0 aliphatic carbocycles. The van der Waals surface area contributed by atoms with Gasteiger partial charge in [-0.1, -0.05) is 11.6 Å². The predicted octanol–water partition coefficient (Wildman–Crippen LogP) is 3.01. The highest BCUT2D eigenvalue weighted by Crippen LogP contribution is 2.20. The standard InChI is InChI=1S/C22H28ClN3O3/c1-24(15-16-29-21-7-3-18(23)4-8-21)17-22(27)26-13-11-25(12-14-26)19-5-9-20(28-2)10-6-19/h3-10H,11-17H2,1-2H3. The highest BCUT2D eigenvalue weighted by Gasteiger charge is 2.22. The molecule has 1 aliphatic heterocycles. The summed E-state index contributed by atoms with van der Waals surface area (Å²) in [4.78, 5) is 18.8. The van der Waals surface area contributed by atoms with Crippen LogP contribution in [0.25, 0.3) is 0 Å². The Bertz CT molecular complexity index is 775. The smallest absolute Gasteiger partial charge is 0.236 e. The molecule has 156 valence electrons. The van der Waals surface area contributed by atoms with Crippen LogP contribution >= 0.6 is 11.6 Å². The molecular formula is C22H28ClN3O3. The van der Waals surface area contributed by atoms with E-state index in [1.807, 2.05) is 41.1 Å². The van der Waals surface area contributed by atoms with Gasteiger partial charge in [0.25, 0.3) is 0 Å². The van der Waals surface area contributed by atoms with Gasteiger partial charge in [-0.05, 0) is 55.6 Å². The van der Waals surface area contributed by atoms with Crippen LogP contribution in [0.2, 0.25) is 5.02 Å². The number of benzene rings is 2. The molecule has 1 saturated heterocycles. The van der Waals surface area contributed by atoms with Crippen LogP contribution in [-0.2, 0) is 4.79 Å². The molecule has 0 aromatic heterocycles. The zero-order valence-corrected chi connectivity index (χ0v) is 17.8. The number of methoxy groups -OCH3 is 1. The number of hydrogen-bond acceptors (Lipinski definition) is 5. The van der Waals surface area contributed by atoms with Gasteiger partial charge in [-0.2, -0.15) is 0 Å². The number of ether oxygens (including phenoxy) is 2. The average Bonchev–Trinajstić information content (AvgIpc) is 2.75. The van der Waals surface area contributed by atoms with Gasteiger partial charge in [0, 0.05) is 43.4 Å². The van der Waals surface area contributed by atoms with E-state index < -0.39 is 0 Å². The van der Waals surface area contributed by atoms with Gasteiger partial charge in [0.1, 0.15) is 18.1 Å². The normalized spacial score (nSPS) is 14.2. The summed E-state index contributed by atoms with van der Waals surface area (Å²) in [6, 6.07) is 15.3. The molecule has 0 N–H and O–H groups in total. The zero-order valence-electron chi connectivity index (χ0n) is 17.0. The Hall–Kier alpha value is -2.44. The van der Waals surface area contributed by atoms with Gasteiger partial charge >= 0.3 is 0 Å². The number of piperazine rings is 1. The first-order valence-electron chi connectivity index (χ1n) is 9.79. The molecule has 1 heterocycles. The van der Waals surface area contributed by atoms with Gasteiger partial charge in [0.15, 0.2) is 0 Å². The number of hydrogen-bond donors (Lipinski definition) is 0. The molecule has 0 atom stereocenters. The van der Waals surface area contributed by atoms with E-state index >= 15 is 0 Å². The summed E-state index contributed by atoms with van der Waals surface area (Å²) in [5, 5.41) is 0.687. The number of carbonyl (C=O) groups excluding carboxylic acids is 1. The van der Waals surface area contributed by atoms with E-state index in [9.17, 15) is 4.79 Å². The summed E-state index contributed by atoms with van der Waals surface area (Å²) in [5.74, 6) is 1.79. The monoisotopic (exact) mass is 417 g/mol. The van der Waals surface area contributed by atoms with Crippen LogP contribution in [0.4, 0.5) is 5.69 Å². The first kappa shape index (κ1) is 21.3. The summed E-state index contributed by atoms with van der Waals surface area (Å²) in [5.41, 5.74) is 1.16. The van der Waals surface area contributed by atoms with Crippen molar-refractivity contribution in [3.05, 3.63) is 53.6 Å². The third-order valence-electron chi connectivity index (χ3n) is 5.03. The molecular weight excluding hydrogens is 390 g/mol. The van der Waals surface area contributed by atoms with Gasteiger partial charge in [-0.25, -0.2) is 0 Å². The molecule has 0 saturated carbocycles. The Labute approximate surface area is 177 Å². The predicted molar refractivity (Wildman–Crippen MR) is 116 cm³/mol. The molecule has 6 nitrogen and oxygen atoms in total. The molecule has 0 unspecified atom stereocenters. The van der Waals surface area contributed by atoms with Gasteiger partial charge in [0.05, 0.1) is 13.7 Å². The molecule has 7 heteroatoms. The third kappa shape index (κ3) is 6.27. The van der Waals surface area contributed by atoms with Crippen molar-refractivity contribution >= 4 is 23.2 Å². The summed E-state index contributed by atoms with van der Waals surface area (Å²) in [6.07, 6.45) is 0. The number of rotatable bonds is 8. The van der Waals surface area contributed by atoms with Crippen molar-refractivity contribution in [3.63, 3.8) is 0 Å². The first-order valence-corrected chi connectivity index (χ1v) is 10.2. The minimum absolute atomic E-state index is 0.161. The molecule has 0 spiro atoms. The number of amides is 1. The summed E-state index contributed by atoms with van der Waals surface area (Å²) >= 11 is 5.87. The van der Waals surface area contributed by atoms with Crippen LogP contribution in [0.15, 0.2) is 48.5 Å². The van der Waals surface area contributed by atoms with Crippen LogP contribution < -0.4 is 14.4 Å². The van der Waals surface area contributed by atoms with Crippen molar-refractivity contribution in [2.45, 2.75) is 0 Å². The number of likely N-dealkylation sites (N-methyl/N-ethyl adjacent to an activating group) is 1. The Morgan fingerprint density at radius 3 is 2.24 bits per heavy atom. The molecule has 2 aromatic rings. The quantitative estimate of drug-likeness (QED) is 0.660. The van der Waals surface area contributed by atoms with E-state index in [-0.39, 0.29) is 5.91 Å². The van der Waals surface area contributed by atoms with Crippen molar-refractivity contribution in [3.8, 4) is 11.5 Å². The van der Waals surface area contributed by atoms with Gasteiger partial charge < -0.3 is 19.3 Å². The van der Waals surface area contributed by atoms with Crippen LogP contribution in [0.3, 0.4) is 0 Å². The van der Waals surface area contributed by atoms with Crippen molar-refractivity contribution in [1.29, 1.82) is 0 Å². The lowest BCUT2D eigenvalue weighted by Crippen LogP contribution is -2.51. The van der Waals surface area contributed by atoms with Crippen LogP contribution in [0.5, 0.6) is 11.5 Å². The fourth-order valence-electron chi connectivity index (χ4n) is 3.27. The van der Waals surface area contributed by atoms with Crippen molar-refractivity contribution in [2.24, 2.45) is 0 Å². The molecule has 1 fully saturated rings. The SMILES string of the molecule is COc1ccc(N2CCN(C(=O)CN(C)CCOc3ccc(Cl)cc3)CC2)cc1. The van der Waals surface area contributed by atoms with Gasteiger partial charge in [0.2, 0.25) is 5.91 Å². The third-order valence-corrected chi connectivity index (χ3v) is 5.28. The second kappa shape index (κ2) is 10.4. The maximum atomic E-state index is 12.6. The summed E-state index contributed by atoms with van der Waals surface area (Å²) in [7, 11) is 3.61. The fraction of sp³-hybridized carbons (Fsp3) is 0.409. The maximum absolute atomic E-state index is 12.6. The minimum atomic E-state index is 0.161. The molecule has 0 bridgehead atoms. The number of halogens is 1. The van der Waals surface area contributed by atoms with E-state index in [1.165, 1.54) is 0 Å². The molecule has 2 aromatic carbocycles. The lowest BCUT2D eigenvalue weighted by molar-refractivity contribution is -0.132. The zero-order chi connectivity index (χ0) is 20.6. The highest BCUT2D eigenvalue weighted by molar-refractivity contribution is 6.30. The van der Waals surface area contributed by atoms with Gasteiger partial charge in [-0.15, -0.1) is 0 Å². The van der Waals surface area contributed by atoms with Crippen molar-refractivity contribution < 1.29 is 14.3 Å². The van der Waals surface area contributed by atoms with E-state index in [4.69, 9.17) is 21.1 Å². The number of carbonyl (C=O) groups is 1. The minimum Gasteiger partial charge on any atom is -0.497 e. The summed E-state index contributed by atoms with van der Waals surface area (Å²) in [6.45, 7) is 4.74. The highest BCUT2D eigenvalue weighted by atomic mass is 35.5. The second-order valence-corrected chi connectivity index (χ2v) is 7.54. The largest absolute Gasteiger partial charge is 0.497 e. The maximum Gasteiger partial charge on any atom is 0.236 e. The Morgan fingerprint density at radius 2 is 1.62 bits per heavy atom. The Morgan fingerprint density at radius 1 is 1.00 bits per heavy atom. The average molecular weight is 418 g/mol. The van der Waals surface area contributed by atoms with Gasteiger partial charge in [-0.3, -0.25) is 9.69 Å². The summed E-state index contributed by atoms with van der Waals surface area (Å²) < 4.78 is 10.9. The van der Waals surface area contributed by atoms with Crippen molar-refractivity contribution in [1.82, 2.24) is 9.80 Å². The number of nitrogens with zero attached hydrogens (tertiary/aromatic N) is 3. The molecule has 3 rings (SSSR count). The van der Waals surface area contributed by atoms with Crippen LogP contribution in [-0.4, -0.2) is 75.7 Å². The fourth-order valence-corrected chi connectivity index (χ4v) is 3.39. The molecule has 0 radical (unpaired) electrons. The van der Waals surface area contributed by atoms with E-state index in [0.29, 0.717) is 24.7 Å². The van der Waals surface area contributed by atoms with Crippen LogP contribution in [0, 0.1) is 0 Å². The lowest BCUT2D eigenvalue weighted by atomic mass is 10.2. The molecule has 1 aliphatic rings. The van der Waals surface area contributed by atoms with Crippen LogP contribution in [0.1, 0.15) is 0 Å². The van der Waals surface area contributed by atoms with E-state index in [2.05, 4.69) is 17.0 Å². The Kier molecular flexibility index (Phi) is 7.61. The second-order valence-electron chi connectivity index (χ2n) is 7.11. The lowest BCUT2D eigenvalue weighted by Gasteiger charge is -2.36. The van der Waals surface area contributed by atoms with E-state index in [1.54, 1.807) is 19.2 Å². The van der Waals surface area contributed by atoms with Crippen molar-refractivity contribution in [2.75, 3.05) is 64.9 Å². The molecule has 29 heavy (non-hydrogen) atoms.